The summed E-state index contributed by atoms with van der Waals surface area (Å²) in [5.74, 6) is 2.19. The second-order valence-corrected chi connectivity index (χ2v) is 8.08. The molecule has 27 heavy (non-hydrogen) atoms. The van der Waals surface area contributed by atoms with Gasteiger partial charge in [0, 0.05) is 39.0 Å². The van der Waals surface area contributed by atoms with E-state index in [4.69, 9.17) is 8.83 Å². The summed E-state index contributed by atoms with van der Waals surface area (Å²) >= 11 is 0. The number of oxazole rings is 1. The highest BCUT2D eigenvalue weighted by atomic mass is 16.4. The van der Waals surface area contributed by atoms with Crippen molar-refractivity contribution in [1.29, 1.82) is 0 Å². The molecule has 0 aromatic carbocycles. The Bertz CT molecular complexity index is 889. The summed E-state index contributed by atoms with van der Waals surface area (Å²) in [6.45, 7) is 0.676. The molecule has 2 bridgehead atoms. The molecule has 2 aromatic rings. The molecule has 7 nitrogen and oxygen atoms in total. The Labute approximate surface area is 157 Å². The fourth-order valence-electron chi connectivity index (χ4n) is 4.84. The van der Waals surface area contributed by atoms with Gasteiger partial charge in [-0.05, 0) is 43.2 Å². The summed E-state index contributed by atoms with van der Waals surface area (Å²) in [4.78, 5) is 32.9. The van der Waals surface area contributed by atoms with E-state index in [1.54, 1.807) is 14.1 Å². The van der Waals surface area contributed by atoms with Crippen LogP contribution >= 0.6 is 0 Å². The molecule has 3 fully saturated rings. The smallest absolute Gasteiger partial charge is 0.289 e. The number of carbonyl (C=O) groups is 2. The fourth-order valence-corrected chi connectivity index (χ4v) is 4.84. The van der Waals surface area contributed by atoms with E-state index in [2.05, 4.69) is 4.98 Å². The van der Waals surface area contributed by atoms with Crippen LogP contribution < -0.4 is 0 Å². The number of aryl methyl sites for hydroxylation is 2. The zero-order valence-corrected chi connectivity index (χ0v) is 15.6. The van der Waals surface area contributed by atoms with E-state index < -0.39 is 0 Å². The number of aromatic nitrogens is 1. The molecule has 6 rings (SSSR count). The van der Waals surface area contributed by atoms with Crippen LogP contribution in [-0.4, -0.2) is 53.3 Å². The largest absolute Gasteiger partial charge is 0.456 e. The van der Waals surface area contributed by atoms with Crippen molar-refractivity contribution >= 4 is 11.8 Å². The third-order valence-electron chi connectivity index (χ3n) is 6.27. The molecule has 3 unspecified atom stereocenters. The van der Waals surface area contributed by atoms with E-state index in [1.807, 2.05) is 11.0 Å². The van der Waals surface area contributed by atoms with Gasteiger partial charge in [-0.25, -0.2) is 4.98 Å². The van der Waals surface area contributed by atoms with Gasteiger partial charge in [-0.15, -0.1) is 0 Å². The summed E-state index contributed by atoms with van der Waals surface area (Å²) in [7, 11) is 3.40. The fraction of sp³-hybridized carbons (Fsp3) is 0.550. The van der Waals surface area contributed by atoms with E-state index in [9.17, 15) is 9.59 Å². The SMILES string of the molecule is CN(C)C(=O)c1ncoc1C1C2CC1N(C(=O)c1cc3c(o1)CCCC3)C2. The average Bonchev–Trinajstić information content (AvgIpc) is 3.40. The van der Waals surface area contributed by atoms with E-state index in [0.29, 0.717) is 29.7 Å². The molecule has 2 aromatic heterocycles. The van der Waals surface area contributed by atoms with Gasteiger partial charge < -0.3 is 18.6 Å². The molecular weight excluding hydrogens is 346 g/mol. The lowest BCUT2D eigenvalue weighted by Gasteiger charge is -2.35. The zero-order chi connectivity index (χ0) is 18.7. The van der Waals surface area contributed by atoms with E-state index in [-0.39, 0.29) is 23.8 Å². The predicted molar refractivity (Wildman–Crippen MR) is 95.5 cm³/mol. The molecule has 0 spiro atoms. The first-order valence-electron chi connectivity index (χ1n) is 9.62. The lowest BCUT2D eigenvalue weighted by molar-refractivity contribution is 0.0695. The van der Waals surface area contributed by atoms with Crippen LogP contribution in [0.15, 0.2) is 21.3 Å². The Balaban J connectivity index is 1.38. The van der Waals surface area contributed by atoms with Crippen molar-refractivity contribution in [1.82, 2.24) is 14.8 Å². The van der Waals surface area contributed by atoms with E-state index in [0.717, 1.165) is 37.9 Å². The van der Waals surface area contributed by atoms with Gasteiger partial charge in [0.1, 0.15) is 11.5 Å². The van der Waals surface area contributed by atoms with Crippen LogP contribution in [0.5, 0.6) is 0 Å². The highest BCUT2D eigenvalue weighted by molar-refractivity contribution is 5.94. The van der Waals surface area contributed by atoms with Crippen LogP contribution in [-0.2, 0) is 12.8 Å². The molecule has 142 valence electrons. The lowest BCUT2D eigenvalue weighted by atomic mass is 9.72. The molecule has 3 atom stereocenters. The first-order valence-corrected chi connectivity index (χ1v) is 9.62. The standard InChI is InChI=1S/C20H23N3O4/c1-22(2)20(25)17-18(26-10-21-17)16-12-7-13(16)23(9-12)19(24)15-8-11-5-3-4-6-14(11)27-15/h8,10,12-13,16H,3-7,9H2,1-2H3. The molecule has 1 saturated carbocycles. The predicted octanol–water partition coefficient (Wildman–Crippen LogP) is 2.48. The molecule has 2 aliphatic carbocycles. The van der Waals surface area contributed by atoms with Gasteiger partial charge in [-0.2, -0.15) is 0 Å². The summed E-state index contributed by atoms with van der Waals surface area (Å²) in [6.07, 6.45) is 6.47. The van der Waals surface area contributed by atoms with E-state index in [1.165, 1.54) is 16.9 Å². The number of hydrogen-bond donors (Lipinski definition) is 0. The molecule has 2 saturated heterocycles. The molecule has 4 heterocycles. The van der Waals surface area contributed by atoms with Crippen LogP contribution in [0.2, 0.25) is 0 Å². The summed E-state index contributed by atoms with van der Waals surface area (Å²) in [6, 6.07) is 1.98. The van der Waals surface area contributed by atoms with Crippen molar-refractivity contribution in [2.24, 2.45) is 5.92 Å². The molecule has 7 heteroatoms. The average molecular weight is 369 g/mol. The Morgan fingerprint density at radius 1 is 1.26 bits per heavy atom. The zero-order valence-electron chi connectivity index (χ0n) is 15.6. The summed E-state index contributed by atoms with van der Waals surface area (Å²) < 4.78 is 11.5. The van der Waals surface area contributed by atoms with Gasteiger partial charge in [-0.3, -0.25) is 9.59 Å². The minimum atomic E-state index is -0.165. The first-order chi connectivity index (χ1) is 13.0. The van der Waals surface area contributed by atoms with Crippen LogP contribution in [0, 0.1) is 5.92 Å². The number of fused-ring (bicyclic) bond motifs is 2. The number of nitrogens with zero attached hydrogens (tertiary/aromatic N) is 3. The Morgan fingerprint density at radius 3 is 2.85 bits per heavy atom. The molecule has 4 aliphatic rings. The van der Waals surface area contributed by atoms with Gasteiger partial charge in [-0.1, -0.05) is 0 Å². The van der Waals surface area contributed by atoms with Crippen LogP contribution in [0.1, 0.15) is 63.3 Å². The monoisotopic (exact) mass is 369 g/mol. The van der Waals surface area contributed by atoms with Crippen molar-refractivity contribution in [2.45, 2.75) is 44.1 Å². The van der Waals surface area contributed by atoms with Gasteiger partial charge in [0.15, 0.2) is 17.8 Å². The number of amides is 2. The summed E-state index contributed by atoms with van der Waals surface area (Å²) in [5.41, 5.74) is 1.55. The van der Waals surface area contributed by atoms with Crippen molar-refractivity contribution < 1.29 is 18.4 Å². The minimum Gasteiger partial charge on any atom is -0.456 e. The quantitative estimate of drug-likeness (QED) is 0.830. The third-order valence-corrected chi connectivity index (χ3v) is 6.27. The lowest BCUT2D eigenvalue weighted by Crippen LogP contribution is -2.40. The topological polar surface area (TPSA) is 79.8 Å². The number of furan rings is 1. The second kappa shape index (κ2) is 5.97. The molecule has 2 amide bonds. The minimum absolute atomic E-state index is 0.0416. The number of hydrogen-bond acceptors (Lipinski definition) is 5. The van der Waals surface area contributed by atoms with Crippen LogP contribution in [0.3, 0.4) is 0 Å². The summed E-state index contributed by atoms with van der Waals surface area (Å²) in [5, 5.41) is 0. The normalized spacial score (nSPS) is 25.9. The first kappa shape index (κ1) is 16.6. The maximum atomic E-state index is 13.1. The van der Waals surface area contributed by atoms with Gasteiger partial charge in [0.05, 0.1) is 0 Å². The molecular formula is C20H23N3O4. The van der Waals surface area contributed by atoms with Crippen molar-refractivity contribution in [2.75, 3.05) is 20.6 Å². The Morgan fingerprint density at radius 2 is 2.07 bits per heavy atom. The van der Waals surface area contributed by atoms with Crippen molar-refractivity contribution in [3.63, 3.8) is 0 Å². The molecule has 0 N–H and O–H groups in total. The highest BCUT2D eigenvalue weighted by Gasteiger charge is 2.57. The third kappa shape index (κ3) is 2.44. The van der Waals surface area contributed by atoms with Gasteiger partial charge in [0.25, 0.3) is 11.8 Å². The highest BCUT2D eigenvalue weighted by Crippen LogP contribution is 2.53. The Kier molecular flexibility index (Phi) is 3.67. The number of carbonyl (C=O) groups excluding carboxylic acids is 2. The van der Waals surface area contributed by atoms with Crippen LogP contribution in [0.4, 0.5) is 0 Å². The number of rotatable bonds is 3. The van der Waals surface area contributed by atoms with Gasteiger partial charge >= 0.3 is 0 Å². The second-order valence-electron chi connectivity index (χ2n) is 8.08. The molecule has 2 aliphatic heterocycles. The maximum absolute atomic E-state index is 13.1. The van der Waals surface area contributed by atoms with Crippen molar-refractivity contribution in [3.05, 3.63) is 41.0 Å². The van der Waals surface area contributed by atoms with Crippen LogP contribution in [0.25, 0.3) is 0 Å². The molecule has 0 radical (unpaired) electrons. The Hall–Kier alpha value is -2.57. The van der Waals surface area contributed by atoms with E-state index >= 15 is 0 Å². The maximum Gasteiger partial charge on any atom is 0.289 e. The van der Waals surface area contributed by atoms with Crippen molar-refractivity contribution in [3.8, 4) is 0 Å². The van der Waals surface area contributed by atoms with Gasteiger partial charge in [0.2, 0.25) is 0 Å².